The molecule has 0 saturated carbocycles. The summed E-state index contributed by atoms with van der Waals surface area (Å²) in [5.74, 6) is 0.492. The van der Waals surface area contributed by atoms with Crippen LogP contribution >= 0.6 is 23.1 Å². The molecule has 0 unspecified atom stereocenters. The minimum atomic E-state index is -0.332. The number of morpholine rings is 1. The molecular weight excluding hydrogens is 397 g/mol. The summed E-state index contributed by atoms with van der Waals surface area (Å²) in [7, 11) is 0. The molecule has 8 heteroatoms. The van der Waals surface area contributed by atoms with E-state index in [9.17, 15) is 9.18 Å². The molecular formula is C20H20FN3O2S2. The molecule has 0 atom stereocenters. The first kappa shape index (κ1) is 19.2. The third kappa shape index (κ3) is 4.63. The van der Waals surface area contributed by atoms with E-state index in [0.29, 0.717) is 49.2 Å². The van der Waals surface area contributed by atoms with Gasteiger partial charge in [0.05, 0.1) is 34.9 Å². The second-order valence-electron chi connectivity index (χ2n) is 6.38. The van der Waals surface area contributed by atoms with Gasteiger partial charge in [0.15, 0.2) is 0 Å². The Morgan fingerprint density at radius 1 is 1.25 bits per heavy atom. The minimum absolute atomic E-state index is 0.148. The molecule has 1 fully saturated rings. The number of hydrogen-bond donors (Lipinski definition) is 1. The molecule has 0 bridgehead atoms. The number of benzene rings is 2. The van der Waals surface area contributed by atoms with Crippen LogP contribution in [0.25, 0.3) is 10.2 Å². The molecule has 0 radical (unpaired) electrons. The maximum Gasteiger partial charge on any atom is 0.234 e. The first-order valence-electron chi connectivity index (χ1n) is 9.03. The number of halogens is 1. The fourth-order valence-electron chi connectivity index (χ4n) is 3.06. The molecule has 0 spiro atoms. The number of para-hydroxylation sites is 1. The summed E-state index contributed by atoms with van der Waals surface area (Å²) < 4.78 is 20.9. The van der Waals surface area contributed by atoms with Crippen LogP contribution in [0.4, 0.5) is 15.8 Å². The quantitative estimate of drug-likeness (QED) is 0.653. The van der Waals surface area contributed by atoms with Crippen molar-refractivity contribution < 1.29 is 13.9 Å². The number of thiazole rings is 1. The fraction of sp³-hybridized carbons (Fsp3) is 0.300. The van der Waals surface area contributed by atoms with Crippen LogP contribution in [0.2, 0.25) is 0 Å². The Morgan fingerprint density at radius 3 is 2.86 bits per heavy atom. The van der Waals surface area contributed by atoms with Gasteiger partial charge in [0, 0.05) is 24.5 Å². The SMILES string of the molecule is O=C(CSCc1nc2ccccc2s1)Nc1ccc(N2CCOCC2)c(F)c1. The Bertz CT molecular complexity index is 940. The summed E-state index contributed by atoms with van der Waals surface area (Å²) in [5, 5.41) is 3.77. The van der Waals surface area contributed by atoms with Crippen LogP contribution < -0.4 is 10.2 Å². The summed E-state index contributed by atoms with van der Waals surface area (Å²) in [6, 6.07) is 12.8. The fourth-order valence-corrected chi connectivity index (χ4v) is 4.90. The summed E-state index contributed by atoms with van der Waals surface area (Å²) in [6.45, 7) is 2.55. The molecule has 1 aliphatic heterocycles. The summed E-state index contributed by atoms with van der Waals surface area (Å²) in [5.41, 5.74) is 2.01. The first-order valence-corrected chi connectivity index (χ1v) is 11.0. The number of rotatable bonds is 6. The minimum Gasteiger partial charge on any atom is -0.378 e. The van der Waals surface area contributed by atoms with Crippen molar-refractivity contribution in [2.75, 3.05) is 42.3 Å². The lowest BCUT2D eigenvalue weighted by Gasteiger charge is -2.29. The Hall–Kier alpha value is -2.16. The van der Waals surface area contributed by atoms with Crippen LogP contribution in [0, 0.1) is 5.82 Å². The van der Waals surface area contributed by atoms with Gasteiger partial charge >= 0.3 is 0 Å². The normalized spacial score (nSPS) is 14.4. The third-order valence-corrected chi connectivity index (χ3v) is 6.54. The Labute approximate surface area is 170 Å². The average molecular weight is 418 g/mol. The van der Waals surface area contributed by atoms with E-state index < -0.39 is 0 Å². The van der Waals surface area contributed by atoms with Crippen molar-refractivity contribution in [2.45, 2.75) is 5.75 Å². The second kappa shape index (κ2) is 8.89. The summed E-state index contributed by atoms with van der Waals surface area (Å²) >= 11 is 3.14. The lowest BCUT2D eigenvalue weighted by molar-refractivity contribution is -0.113. The van der Waals surface area contributed by atoms with Gasteiger partial charge in [-0.15, -0.1) is 23.1 Å². The number of nitrogens with zero attached hydrogens (tertiary/aromatic N) is 2. The zero-order valence-corrected chi connectivity index (χ0v) is 16.8. The van der Waals surface area contributed by atoms with Crippen molar-refractivity contribution in [3.8, 4) is 0 Å². The number of hydrogen-bond acceptors (Lipinski definition) is 6. The number of ether oxygens (including phenoxy) is 1. The van der Waals surface area contributed by atoms with Crippen LogP contribution in [0.1, 0.15) is 5.01 Å². The van der Waals surface area contributed by atoms with Gasteiger partial charge in [-0.25, -0.2) is 9.37 Å². The van der Waals surface area contributed by atoms with Gasteiger partial charge in [-0.3, -0.25) is 4.79 Å². The van der Waals surface area contributed by atoms with Gasteiger partial charge in [0.2, 0.25) is 5.91 Å². The molecule has 4 rings (SSSR count). The van der Waals surface area contributed by atoms with Crippen molar-refractivity contribution in [1.29, 1.82) is 0 Å². The summed E-state index contributed by atoms with van der Waals surface area (Å²) in [6.07, 6.45) is 0. The highest BCUT2D eigenvalue weighted by atomic mass is 32.2. The van der Waals surface area contributed by atoms with Gasteiger partial charge in [-0.05, 0) is 30.3 Å². The number of fused-ring (bicyclic) bond motifs is 1. The van der Waals surface area contributed by atoms with Crippen LogP contribution in [-0.2, 0) is 15.3 Å². The highest BCUT2D eigenvalue weighted by Crippen LogP contribution is 2.26. The number of amides is 1. The molecule has 1 amide bonds. The Kier molecular flexibility index (Phi) is 6.09. The standard InChI is InChI=1S/C20H20FN3O2S2/c21-15-11-14(5-6-17(15)24-7-9-26-10-8-24)22-19(25)12-27-13-20-23-16-3-1-2-4-18(16)28-20/h1-6,11H,7-10,12-13H2,(H,22,25). The lowest BCUT2D eigenvalue weighted by atomic mass is 10.2. The van der Waals surface area contributed by atoms with Crippen LogP contribution in [0.3, 0.4) is 0 Å². The zero-order chi connectivity index (χ0) is 19.3. The number of nitrogens with one attached hydrogen (secondary N) is 1. The van der Waals surface area contributed by atoms with Gasteiger partial charge < -0.3 is 15.0 Å². The zero-order valence-electron chi connectivity index (χ0n) is 15.2. The molecule has 2 aromatic carbocycles. The maximum atomic E-state index is 14.4. The van der Waals surface area contributed by atoms with E-state index in [0.717, 1.165) is 15.2 Å². The molecule has 2 heterocycles. The molecule has 5 nitrogen and oxygen atoms in total. The number of thioether (sulfide) groups is 1. The summed E-state index contributed by atoms with van der Waals surface area (Å²) in [4.78, 5) is 18.7. The molecule has 28 heavy (non-hydrogen) atoms. The third-order valence-electron chi connectivity index (χ3n) is 4.38. The highest BCUT2D eigenvalue weighted by molar-refractivity contribution is 7.99. The van der Waals surface area contributed by atoms with E-state index in [4.69, 9.17) is 4.74 Å². The molecule has 1 saturated heterocycles. The lowest BCUT2D eigenvalue weighted by Crippen LogP contribution is -2.36. The van der Waals surface area contributed by atoms with E-state index >= 15 is 0 Å². The van der Waals surface area contributed by atoms with Crippen molar-refractivity contribution in [1.82, 2.24) is 4.98 Å². The van der Waals surface area contributed by atoms with Gasteiger partial charge in [-0.1, -0.05) is 12.1 Å². The molecule has 146 valence electrons. The smallest absolute Gasteiger partial charge is 0.234 e. The second-order valence-corrected chi connectivity index (χ2v) is 8.48. The number of aromatic nitrogens is 1. The van der Waals surface area contributed by atoms with Crippen molar-refractivity contribution >= 4 is 50.6 Å². The maximum absolute atomic E-state index is 14.4. The van der Waals surface area contributed by atoms with Gasteiger partial charge in [0.1, 0.15) is 10.8 Å². The van der Waals surface area contributed by atoms with E-state index in [-0.39, 0.29) is 11.7 Å². The van der Waals surface area contributed by atoms with Crippen molar-refractivity contribution in [3.63, 3.8) is 0 Å². The topological polar surface area (TPSA) is 54.5 Å². The first-order chi connectivity index (χ1) is 13.7. The molecule has 1 aliphatic rings. The monoisotopic (exact) mass is 417 g/mol. The van der Waals surface area contributed by atoms with Gasteiger partial charge in [-0.2, -0.15) is 0 Å². The number of anilines is 2. The number of carbonyl (C=O) groups is 1. The Morgan fingerprint density at radius 2 is 2.07 bits per heavy atom. The molecule has 1 aromatic heterocycles. The predicted molar refractivity (Wildman–Crippen MR) is 114 cm³/mol. The molecule has 1 N–H and O–H groups in total. The van der Waals surface area contributed by atoms with Crippen molar-refractivity contribution in [3.05, 3.63) is 53.3 Å². The van der Waals surface area contributed by atoms with Crippen LogP contribution in [0.15, 0.2) is 42.5 Å². The molecule has 0 aliphatic carbocycles. The largest absolute Gasteiger partial charge is 0.378 e. The average Bonchev–Trinajstić information content (AvgIpc) is 3.11. The van der Waals surface area contributed by atoms with Gasteiger partial charge in [0.25, 0.3) is 0 Å². The van der Waals surface area contributed by atoms with E-state index in [2.05, 4.69) is 10.3 Å². The number of carbonyl (C=O) groups excluding carboxylic acids is 1. The predicted octanol–water partition coefficient (Wildman–Crippen LogP) is 4.14. The van der Waals surface area contributed by atoms with E-state index in [1.165, 1.54) is 17.8 Å². The molecule has 3 aromatic rings. The Balaban J connectivity index is 1.29. The van der Waals surface area contributed by atoms with E-state index in [1.54, 1.807) is 23.5 Å². The van der Waals surface area contributed by atoms with Crippen molar-refractivity contribution in [2.24, 2.45) is 0 Å². The van der Waals surface area contributed by atoms with Crippen LogP contribution in [-0.4, -0.2) is 42.9 Å². The highest BCUT2D eigenvalue weighted by Gasteiger charge is 2.16. The van der Waals surface area contributed by atoms with Crippen LogP contribution in [0.5, 0.6) is 0 Å². The van der Waals surface area contributed by atoms with E-state index in [1.807, 2.05) is 29.2 Å².